The normalized spacial score (nSPS) is 20.4. The van der Waals surface area contributed by atoms with E-state index in [4.69, 9.17) is 23.1 Å². The van der Waals surface area contributed by atoms with Gasteiger partial charge in [-0.25, -0.2) is 9.97 Å². The van der Waals surface area contributed by atoms with E-state index in [0.717, 1.165) is 22.6 Å². The van der Waals surface area contributed by atoms with E-state index in [-0.39, 0.29) is 5.28 Å². The third-order valence-electron chi connectivity index (χ3n) is 3.63. The van der Waals surface area contributed by atoms with Gasteiger partial charge < -0.3 is 11.5 Å². The van der Waals surface area contributed by atoms with Crippen LogP contribution in [-0.2, 0) is 12.0 Å². The van der Waals surface area contributed by atoms with Gasteiger partial charge >= 0.3 is 0 Å². The zero-order chi connectivity index (χ0) is 15.2. The highest BCUT2D eigenvalue weighted by molar-refractivity contribution is 6.28. The van der Waals surface area contributed by atoms with Crippen LogP contribution in [0.5, 0.6) is 0 Å². The predicted molar refractivity (Wildman–Crippen MR) is 83.8 cm³/mol. The molecule has 2 aromatic heterocycles. The van der Waals surface area contributed by atoms with Crippen LogP contribution < -0.4 is 11.5 Å². The molecular weight excluding hydrogens is 286 g/mol. The number of nitrogens with zero attached hydrogens (tertiary/aromatic N) is 3. The number of fused-ring (bicyclic) bond motifs is 1. The summed E-state index contributed by atoms with van der Waals surface area (Å²) >= 11 is 5.94. The molecule has 1 unspecified atom stereocenters. The molecule has 1 aliphatic rings. The Bertz CT molecular complexity index is 736. The first kappa shape index (κ1) is 14.0. The van der Waals surface area contributed by atoms with Crippen molar-refractivity contribution in [3.63, 3.8) is 0 Å². The fourth-order valence-electron chi connectivity index (χ4n) is 2.61. The van der Waals surface area contributed by atoms with Crippen LogP contribution in [0, 0.1) is 13.8 Å². The van der Waals surface area contributed by atoms with Crippen molar-refractivity contribution in [1.29, 1.82) is 0 Å². The van der Waals surface area contributed by atoms with Crippen LogP contribution in [0.25, 0.3) is 6.08 Å². The number of nitrogen functional groups attached to an aromatic ring is 1. The van der Waals surface area contributed by atoms with E-state index in [1.54, 1.807) is 0 Å². The third-order valence-corrected chi connectivity index (χ3v) is 3.80. The Morgan fingerprint density at radius 1 is 1.14 bits per heavy atom. The number of nitrogens with two attached hydrogens (primary N) is 2. The first-order chi connectivity index (χ1) is 9.87. The fourth-order valence-corrected chi connectivity index (χ4v) is 2.83. The Morgan fingerprint density at radius 3 is 2.57 bits per heavy atom. The van der Waals surface area contributed by atoms with Crippen LogP contribution >= 0.6 is 11.6 Å². The number of hydrogen-bond acceptors (Lipinski definition) is 5. The largest absolute Gasteiger partial charge is 0.398 e. The van der Waals surface area contributed by atoms with Gasteiger partial charge in [-0.2, -0.15) is 0 Å². The molecular formula is C15H16ClN5. The van der Waals surface area contributed by atoms with E-state index < -0.39 is 5.54 Å². The lowest BCUT2D eigenvalue weighted by atomic mass is 9.82. The smallest absolute Gasteiger partial charge is 0.222 e. The fraction of sp³-hybridized carbons (Fsp3) is 0.267. The average Bonchev–Trinajstić information content (AvgIpc) is 2.39. The maximum absolute atomic E-state index is 6.52. The first-order valence-electron chi connectivity index (χ1n) is 6.63. The molecule has 0 aromatic carbocycles. The minimum atomic E-state index is -0.755. The molecule has 21 heavy (non-hydrogen) atoms. The van der Waals surface area contributed by atoms with Crippen molar-refractivity contribution in [2.45, 2.75) is 25.8 Å². The lowest BCUT2D eigenvalue weighted by Crippen LogP contribution is -2.40. The Kier molecular flexibility index (Phi) is 3.19. The van der Waals surface area contributed by atoms with Crippen molar-refractivity contribution in [2.24, 2.45) is 5.73 Å². The molecule has 5 nitrogen and oxygen atoms in total. The molecule has 1 aliphatic carbocycles. The summed E-state index contributed by atoms with van der Waals surface area (Å²) in [5.74, 6) is 0. The van der Waals surface area contributed by atoms with Gasteiger partial charge in [0.25, 0.3) is 0 Å². The second-order valence-corrected chi connectivity index (χ2v) is 5.77. The number of aryl methyl sites for hydroxylation is 2. The molecule has 0 amide bonds. The van der Waals surface area contributed by atoms with Gasteiger partial charge in [-0.05, 0) is 43.7 Å². The molecule has 4 N–H and O–H groups in total. The van der Waals surface area contributed by atoms with Crippen molar-refractivity contribution >= 4 is 23.4 Å². The van der Waals surface area contributed by atoms with Crippen LogP contribution in [-0.4, -0.2) is 15.0 Å². The lowest BCUT2D eigenvalue weighted by Gasteiger charge is -2.30. The van der Waals surface area contributed by atoms with Crippen LogP contribution in [0.1, 0.15) is 28.3 Å². The minimum Gasteiger partial charge on any atom is -0.398 e. The van der Waals surface area contributed by atoms with Gasteiger partial charge in [0.15, 0.2) is 0 Å². The first-order valence-corrected chi connectivity index (χ1v) is 7.01. The van der Waals surface area contributed by atoms with E-state index in [9.17, 15) is 0 Å². The van der Waals surface area contributed by atoms with Crippen LogP contribution in [0.4, 0.5) is 5.69 Å². The van der Waals surface area contributed by atoms with Gasteiger partial charge in [-0.1, -0.05) is 6.08 Å². The molecule has 2 heterocycles. The highest BCUT2D eigenvalue weighted by atomic mass is 35.5. The van der Waals surface area contributed by atoms with Crippen molar-refractivity contribution in [3.8, 4) is 0 Å². The standard InChI is InChI=1S/C15H16ClN5/c1-8-5-11(17)10-7-15(18,4-3-12(10)19-8)13-6-9(2)20-14(16)21-13/h3-6H,7,18H2,1-2H3,(H2,17,19). The summed E-state index contributed by atoms with van der Waals surface area (Å²) < 4.78 is 0. The van der Waals surface area contributed by atoms with E-state index in [2.05, 4.69) is 15.0 Å². The zero-order valence-corrected chi connectivity index (χ0v) is 12.6. The number of halogens is 1. The summed E-state index contributed by atoms with van der Waals surface area (Å²) in [6, 6.07) is 3.70. The molecule has 2 aromatic rings. The van der Waals surface area contributed by atoms with Crippen molar-refractivity contribution in [3.05, 3.63) is 51.8 Å². The third kappa shape index (κ3) is 2.50. The number of anilines is 1. The second kappa shape index (κ2) is 4.79. The Labute approximate surface area is 128 Å². The van der Waals surface area contributed by atoms with E-state index >= 15 is 0 Å². The Hall–Kier alpha value is -1.98. The molecule has 0 spiro atoms. The molecule has 0 radical (unpaired) electrons. The van der Waals surface area contributed by atoms with E-state index in [1.165, 1.54) is 0 Å². The van der Waals surface area contributed by atoms with E-state index in [1.807, 2.05) is 38.1 Å². The summed E-state index contributed by atoms with van der Waals surface area (Å²) in [5, 5.41) is 0.198. The van der Waals surface area contributed by atoms with Crippen molar-refractivity contribution < 1.29 is 0 Å². The SMILES string of the molecule is Cc1cc(C2(N)C=Cc3nc(C)cc(N)c3C2)nc(Cl)n1. The van der Waals surface area contributed by atoms with Crippen LogP contribution in [0.3, 0.4) is 0 Å². The highest BCUT2D eigenvalue weighted by Crippen LogP contribution is 2.33. The lowest BCUT2D eigenvalue weighted by molar-refractivity contribution is 0.533. The summed E-state index contributed by atoms with van der Waals surface area (Å²) in [4.78, 5) is 12.8. The zero-order valence-electron chi connectivity index (χ0n) is 11.9. The summed E-state index contributed by atoms with van der Waals surface area (Å²) in [7, 11) is 0. The minimum absolute atomic E-state index is 0.198. The average molecular weight is 302 g/mol. The van der Waals surface area contributed by atoms with Crippen LogP contribution in [0.15, 0.2) is 18.2 Å². The van der Waals surface area contributed by atoms with Gasteiger partial charge in [0.2, 0.25) is 5.28 Å². The molecule has 0 saturated carbocycles. The summed E-state index contributed by atoms with van der Waals surface area (Å²) in [6.07, 6.45) is 4.33. The Balaban J connectivity index is 2.10. The Morgan fingerprint density at radius 2 is 1.86 bits per heavy atom. The molecule has 0 bridgehead atoms. The van der Waals surface area contributed by atoms with Gasteiger partial charge in [0.1, 0.15) is 0 Å². The summed E-state index contributed by atoms with van der Waals surface area (Å²) in [5.41, 5.74) is 16.7. The number of hydrogen-bond donors (Lipinski definition) is 2. The highest BCUT2D eigenvalue weighted by Gasteiger charge is 2.32. The predicted octanol–water partition coefficient (Wildman–Crippen LogP) is 2.15. The molecule has 0 fully saturated rings. The van der Waals surface area contributed by atoms with Gasteiger partial charge in [-0.15, -0.1) is 0 Å². The van der Waals surface area contributed by atoms with Crippen LogP contribution in [0.2, 0.25) is 5.28 Å². The molecule has 108 valence electrons. The summed E-state index contributed by atoms with van der Waals surface area (Å²) in [6.45, 7) is 3.78. The maximum atomic E-state index is 6.52. The number of rotatable bonds is 1. The molecule has 3 rings (SSSR count). The topological polar surface area (TPSA) is 90.7 Å². The van der Waals surface area contributed by atoms with Gasteiger partial charge in [0.05, 0.1) is 16.9 Å². The second-order valence-electron chi connectivity index (χ2n) is 5.43. The maximum Gasteiger partial charge on any atom is 0.222 e. The number of aromatic nitrogens is 3. The monoisotopic (exact) mass is 301 g/mol. The number of pyridine rings is 1. The molecule has 6 heteroatoms. The van der Waals surface area contributed by atoms with Crippen molar-refractivity contribution in [1.82, 2.24) is 15.0 Å². The van der Waals surface area contributed by atoms with E-state index in [0.29, 0.717) is 17.8 Å². The molecule has 0 aliphatic heterocycles. The quantitative estimate of drug-likeness (QED) is 0.788. The molecule has 0 saturated heterocycles. The van der Waals surface area contributed by atoms with Gasteiger partial charge in [0, 0.05) is 29.1 Å². The molecule has 1 atom stereocenters. The van der Waals surface area contributed by atoms with Crippen molar-refractivity contribution in [2.75, 3.05) is 5.73 Å². The van der Waals surface area contributed by atoms with Gasteiger partial charge in [-0.3, -0.25) is 4.98 Å².